The number of fused-ring (bicyclic) bond motifs is 1. The third kappa shape index (κ3) is 4.28. The molecule has 0 spiro atoms. The number of benzene rings is 2. The summed E-state index contributed by atoms with van der Waals surface area (Å²) in [5.74, 6) is -0.413. The average molecular weight is 468 g/mol. The number of anilines is 1. The molecule has 162 valence electrons. The molecule has 0 unspecified atom stereocenters. The minimum Gasteiger partial charge on any atom is -0.325 e. The lowest BCUT2D eigenvalue weighted by Gasteiger charge is -2.14. The summed E-state index contributed by atoms with van der Waals surface area (Å²) in [6.45, 7) is 1.50. The van der Waals surface area contributed by atoms with Gasteiger partial charge in [-0.15, -0.1) is 0 Å². The van der Waals surface area contributed by atoms with E-state index in [2.05, 4.69) is 10.3 Å². The Morgan fingerprint density at radius 2 is 1.72 bits per heavy atom. The summed E-state index contributed by atoms with van der Waals surface area (Å²) in [6.07, 6.45) is 1.18. The normalized spacial score (nSPS) is 11.4. The smallest absolute Gasteiger partial charge is 0.244 e. The van der Waals surface area contributed by atoms with Crippen LogP contribution in [0.3, 0.4) is 0 Å². The van der Waals surface area contributed by atoms with E-state index in [-0.39, 0.29) is 22.5 Å². The topological polar surface area (TPSA) is 98.1 Å². The second kappa shape index (κ2) is 8.57. The summed E-state index contributed by atoms with van der Waals surface area (Å²) in [5, 5.41) is 3.38. The van der Waals surface area contributed by atoms with Crippen LogP contribution < -0.4 is 10.7 Å². The number of amides is 1. The molecular formula is C23H18ClN3O4S. The maximum Gasteiger partial charge on any atom is 0.244 e. The van der Waals surface area contributed by atoms with Gasteiger partial charge in [-0.25, -0.2) is 13.4 Å². The van der Waals surface area contributed by atoms with E-state index in [4.69, 9.17) is 11.6 Å². The Morgan fingerprint density at radius 1 is 1.03 bits per heavy atom. The van der Waals surface area contributed by atoms with Gasteiger partial charge in [-0.3, -0.25) is 9.59 Å². The molecule has 0 radical (unpaired) electrons. The Morgan fingerprint density at radius 3 is 2.41 bits per heavy atom. The van der Waals surface area contributed by atoms with Crippen molar-refractivity contribution in [2.24, 2.45) is 0 Å². The number of carbonyl (C=O) groups excluding carboxylic acids is 1. The van der Waals surface area contributed by atoms with Crippen molar-refractivity contribution in [2.75, 3.05) is 5.32 Å². The van der Waals surface area contributed by atoms with Crippen molar-refractivity contribution in [3.63, 3.8) is 0 Å². The van der Waals surface area contributed by atoms with Gasteiger partial charge in [0.25, 0.3) is 0 Å². The number of sulfone groups is 1. The number of pyridine rings is 2. The summed E-state index contributed by atoms with van der Waals surface area (Å²) in [5.41, 5.74) is 0.729. The Kier molecular flexibility index (Phi) is 5.82. The van der Waals surface area contributed by atoms with Crippen molar-refractivity contribution in [2.45, 2.75) is 23.3 Å². The first-order chi connectivity index (χ1) is 15.3. The maximum atomic E-state index is 13.2. The van der Waals surface area contributed by atoms with E-state index in [0.29, 0.717) is 16.4 Å². The molecule has 2 aromatic heterocycles. The molecule has 0 bridgehead atoms. The number of carbonyl (C=O) groups is 1. The average Bonchev–Trinajstić information content (AvgIpc) is 2.77. The second-order valence-corrected chi connectivity index (χ2v) is 9.50. The van der Waals surface area contributed by atoms with Crippen LogP contribution in [0.5, 0.6) is 0 Å². The molecule has 0 saturated carbocycles. The number of hydrogen-bond acceptors (Lipinski definition) is 5. The Bertz CT molecular complexity index is 1480. The first-order valence-corrected chi connectivity index (χ1v) is 11.5. The van der Waals surface area contributed by atoms with Gasteiger partial charge in [-0.05, 0) is 55.5 Å². The van der Waals surface area contributed by atoms with E-state index in [1.54, 1.807) is 55.5 Å². The molecule has 1 N–H and O–H groups in total. The van der Waals surface area contributed by atoms with E-state index in [1.807, 2.05) is 0 Å². The minimum atomic E-state index is -4.10. The van der Waals surface area contributed by atoms with Gasteiger partial charge in [-0.1, -0.05) is 29.8 Å². The van der Waals surface area contributed by atoms with Gasteiger partial charge in [0.05, 0.1) is 10.3 Å². The highest BCUT2D eigenvalue weighted by atomic mass is 35.5. The molecule has 32 heavy (non-hydrogen) atoms. The van der Waals surface area contributed by atoms with Gasteiger partial charge < -0.3 is 9.88 Å². The van der Waals surface area contributed by atoms with Crippen molar-refractivity contribution in [1.82, 2.24) is 9.55 Å². The molecule has 4 aromatic rings. The predicted octanol–water partition coefficient (Wildman–Crippen LogP) is 3.83. The quantitative estimate of drug-likeness (QED) is 0.481. The molecule has 0 saturated heterocycles. The van der Waals surface area contributed by atoms with Crippen molar-refractivity contribution in [1.29, 1.82) is 0 Å². The molecule has 4 rings (SSSR count). The summed E-state index contributed by atoms with van der Waals surface area (Å²) in [6, 6.07) is 17.4. The van der Waals surface area contributed by atoms with E-state index in [0.717, 1.165) is 0 Å². The molecular weight excluding hydrogens is 450 g/mol. The van der Waals surface area contributed by atoms with Crippen LogP contribution in [-0.4, -0.2) is 23.9 Å². The number of halogens is 1. The molecule has 0 aliphatic heterocycles. The van der Waals surface area contributed by atoms with E-state index < -0.39 is 26.1 Å². The van der Waals surface area contributed by atoms with Crippen LogP contribution in [0, 0.1) is 6.92 Å². The third-order valence-electron chi connectivity index (χ3n) is 4.81. The van der Waals surface area contributed by atoms with Crippen LogP contribution in [0.4, 0.5) is 5.69 Å². The molecule has 0 fully saturated rings. The second-order valence-electron chi connectivity index (χ2n) is 7.15. The Balaban J connectivity index is 1.81. The lowest BCUT2D eigenvalue weighted by molar-refractivity contribution is -0.116. The van der Waals surface area contributed by atoms with Crippen LogP contribution in [0.25, 0.3) is 11.0 Å². The summed E-state index contributed by atoms with van der Waals surface area (Å²) < 4.78 is 27.7. The number of aromatic nitrogens is 2. The minimum absolute atomic E-state index is 0.00585. The van der Waals surface area contributed by atoms with Gasteiger partial charge >= 0.3 is 0 Å². The van der Waals surface area contributed by atoms with Crippen LogP contribution >= 0.6 is 11.6 Å². The zero-order valence-electron chi connectivity index (χ0n) is 16.9. The molecule has 9 heteroatoms. The van der Waals surface area contributed by atoms with Gasteiger partial charge in [0, 0.05) is 22.6 Å². The van der Waals surface area contributed by atoms with Crippen LogP contribution in [0.15, 0.2) is 87.5 Å². The molecule has 0 aliphatic rings. The van der Waals surface area contributed by atoms with E-state index in [1.165, 1.54) is 29.0 Å². The molecule has 0 aliphatic carbocycles. The van der Waals surface area contributed by atoms with Gasteiger partial charge in [0.1, 0.15) is 17.1 Å². The van der Waals surface area contributed by atoms with Crippen LogP contribution in [0.1, 0.15) is 5.69 Å². The summed E-state index contributed by atoms with van der Waals surface area (Å²) >= 11 is 5.87. The van der Waals surface area contributed by atoms with Crippen molar-refractivity contribution < 1.29 is 13.2 Å². The number of nitrogens with one attached hydrogen (secondary N) is 1. The lowest BCUT2D eigenvalue weighted by atomic mass is 10.2. The number of rotatable bonds is 5. The zero-order valence-corrected chi connectivity index (χ0v) is 18.5. The fourth-order valence-electron chi connectivity index (χ4n) is 3.26. The van der Waals surface area contributed by atoms with Gasteiger partial charge in [0.15, 0.2) is 0 Å². The van der Waals surface area contributed by atoms with Crippen LogP contribution in [-0.2, 0) is 21.2 Å². The SMILES string of the molecule is Cc1ccc2c(=O)c(S(=O)(=O)c3ccccc3)cn(CC(=O)Nc3ccc(Cl)cc3)c2n1. The highest BCUT2D eigenvalue weighted by molar-refractivity contribution is 7.91. The van der Waals surface area contributed by atoms with Gasteiger partial charge in [-0.2, -0.15) is 0 Å². The first-order valence-electron chi connectivity index (χ1n) is 9.62. The maximum absolute atomic E-state index is 13.2. The fourth-order valence-corrected chi connectivity index (χ4v) is 4.78. The summed E-state index contributed by atoms with van der Waals surface area (Å²) in [4.78, 5) is 29.7. The molecule has 0 atom stereocenters. The number of aryl methyl sites for hydroxylation is 1. The number of nitrogens with zero attached hydrogens (tertiary/aromatic N) is 2. The molecule has 7 nitrogen and oxygen atoms in total. The Hall–Kier alpha value is -3.49. The van der Waals surface area contributed by atoms with Crippen molar-refractivity contribution >= 4 is 44.1 Å². The molecule has 2 heterocycles. The van der Waals surface area contributed by atoms with Crippen LogP contribution in [0.2, 0.25) is 5.02 Å². The third-order valence-corrected chi connectivity index (χ3v) is 6.83. The largest absolute Gasteiger partial charge is 0.325 e. The highest BCUT2D eigenvalue weighted by Gasteiger charge is 2.24. The van der Waals surface area contributed by atoms with E-state index in [9.17, 15) is 18.0 Å². The monoisotopic (exact) mass is 467 g/mol. The standard InChI is InChI=1S/C23H18ClN3O4S/c1-15-7-12-19-22(29)20(32(30,31)18-5-3-2-4-6-18)13-27(23(19)25-15)14-21(28)26-17-10-8-16(24)9-11-17/h2-13H,14H2,1H3,(H,26,28). The Labute approximate surface area is 189 Å². The molecule has 2 aromatic carbocycles. The van der Waals surface area contributed by atoms with Gasteiger partial charge in [0.2, 0.25) is 21.2 Å². The number of hydrogen-bond donors (Lipinski definition) is 1. The first kappa shape index (κ1) is 21.7. The molecule has 1 amide bonds. The fraction of sp³-hybridized carbons (Fsp3) is 0.0870. The van der Waals surface area contributed by atoms with Crippen molar-refractivity contribution in [3.05, 3.63) is 93.9 Å². The van der Waals surface area contributed by atoms with Crippen molar-refractivity contribution in [3.8, 4) is 0 Å². The highest BCUT2D eigenvalue weighted by Crippen LogP contribution is 2.21. The van der Waals surface area contributed by atoms with E-state index >= 15 is 0 Å². The zero-order chi connectivity index (χ0) is 22.9. The lowest BCUT2D eigenvalue weighted by Crippen LogP contribution is -2.24. The predicted molar refractivity (Wildman–Crippen MR) is 123 cm³/mol. The summed E-state index contributed by atoms with van der Waals surface area (Å²) in [7, 11) is -4.10.